The van der Waals surface area contributed by atoms with E-state index in [1.54, 1.807) is 6.08 Å². The number of nitrogens with zero attached hydrogens (tertiary/aromatic N) is 1. The van der Waals surface area contributed by atoms with E-state index in [-0.39, 0.29) is 5.57 Å². The number of rotatable bonds is 2. The van der Waals surface area contributed by atoms with Crippen molar-refractivity contribution in [3.63, 3.8) is 0 Å². The number of nitriles is 1. The largest absolute Gasteiger partial charge is 0.465 e. The molecule has 1 aliphatic carbocycles. The van der Waals surface area contributed by atoms with Crippen LogP contribution in [0.25, 0.3) is 0 Å². The Morgan fingerprint density at radius 1 is 1.54 bits per heavy atom. The Balaban J connectivity index is 2.65. The maximum Gasteiger partial charge on any atom is 0.348 e. The number of carbonyl (C=O) groups is 1. The van der Waals surface area contributed by atoms with E-state index in [0.29, 0.717) is 5.92 Å². The first-order valence-electron chi connectivity index (χ1n) is 4.48. The highest BCUT2D eigenvalue weighted by Gasteiger charge is 2.16. The third kappa shape index (κ3) is 2.59. The molecule has 0 amide bonds. The summed E-state index contributed by atoms with van der Waals surface area (Å²) in [4.78, 5) is 11.0. The summed E-state index contributed by atoms with van der Waals surface area (Å²) in [6.45, 7) is 0. The van der Waals surface area contributed by atoms with Crippen molar-refractivity contribution in [2.75, 3.05) is 7.11 Å². The third-order valence-corrected chi connectivity index (χ3v) is 2.33. The van der Waals surface area contributed by atoms with Crippen molar-refractivity contribution in [3.8, 4) is 6.07 Å². The molecule has 0 atom stereocenters. The third-order valence-electron chi connectivity index (χ3n) is 2.33. The average molecular weight is 179 g/mol. The molecule has 1 fully saturated rings. The van der Waals surface area contributed by atoms with E-state index in [4.69, 9.17) is 5.26 Å². The molecule has 0 aromatic rings. The van der Waals surface area contributed by atoms with Gasteiger partial charge < -0.3 is 4.74 Å². The van der Waals surface area contributed by atoms with E-state index in [1.165, 1.54) is 20.0 Å². The summed E-state index contributed by atoms with van der Waals surface area (Å²) in [6, 6.07) is 1.87. The molecule has 0 unspecified atom stereocenters. The SMILES string of the molecule is COC(=O)/C(C#N)=C\C1CCCC1. The molecular formula is C10H13NO2. The zero-order valence-electron chi connectivity index (χ0n) is 7.75. The smallest absolute Gasteiger partial charge is 0.348 e. The number of methoxy groups -OCH3 is 1. The highest BCUT2D eigenvalue weighted by atomic mass is 16.5. The minimum absolute atomic E-state index is 0.148. The van der Waals surface area contributed by atoms with Crippen molar-refractivity contribution >= 4 is 5.97 Å². The normalized spacial score (nSPS) is 18.3. The zero-order chi connectivity index (χ0) is 9.68. The van der Waals surface area contributed by atoms with Gasteiger partial charge in [-0.15, -0.1) is 0 Å². The van der Waals surface area contributed by atoms with Crippen LogP contribution >= 0.6 is 0 Å². The van der Waals surface area contributed by atoms with E-state index in [9.17, 15) is 4.79 Å². The topological polar surface area (TPSA) is 50.1 Å². The van der Waals surface area contributed by atoms with Gasteiger partial charge in [0.05, 0.1) is 7.11 Å². The number of esters is 1. The first-order chi connectivity index (χ1) is 6.27. The highest BCUT2D eigenvalue weighted by molar-refractivity contribution is 5.92. The molecule has 0 aromatic carbocycles. The lowest BCUT2D eigenvalue weighted by atomic mass is 10.0. The van der Waals surface area contributed by atoms with Gasteiger partial charge in [0, 0.05) is 0 Å². The second kappa shape index (κ2) is 4.66. The Bertz CT molecular complexity index is 257. The molecular weight excluding hydrogens is 166 g/mol. The van der Waals surface area contributed by atoms with Crippen LogP contribution in [0.5, 0.6) is 0 Å². The molecule has 0 spiro atoms. The standard InChI is InChI=1S/C10H13NO2/c1-13-10(12)9(7-11)6-8-4-2-3-5-8/h6,8H,2-5H2,1H3/b9-6-. The molecule has 1 rings (SSSR count). The van der Waals surface area contributed by atoms with Crippen LogP contribution in [0.2, 0.25) is 0 Å². The van der Waals surface area contributed by atoms with Crippen LogP contribution in [0.4, 0.5) is 0 Å². The molecule has 1 saturated carbocycles. The average Bonchev–Trinajstić information content (AvgIpc) is 2.65. The van der Waals surface area contributed by atoms with Gasteiger partial charge >= 0.3 is 5.97 Å². The van der Waals surface area contributed by atoms with E-state index in [2.05, 4.69) is 4.74 Å². The second-order valence-electron chi connectivity index (χ2n) is 3.23. The van der Waals surface area contributed by atoms with Crippen molar-refractivity contribution < 1.29 is 9.53 Å². The van der Waals surface area contributed by atoms with E-state index >= 15 is 0 Å². The van der Waals surface area contributed by atoms with Gasteiger partial charge in [-0.05, 0) is 18.8 Å². The van der Waals surface area contributed by atoms with Gasteiger partial charge in [-0.2, -0.15) is 5.26 Å². The van der Waals surface area contributed by atoms with Crippen LogP contribution in [0, 0.1) is 17.2 Å². The Morgan fingerprint density at radius 3 is 2.62 bits per heavy atom. The minimum atomic E-state index is -0.519. The van der Waals surface area contributed by atoms with Gasteiger partial charge in [-0.25, -0.2) is 4.79 Å². The fraction of sp³-hybridized carbons (Fsp3) is 0.600. The van der Waals surface area contributed by atoms with Gasteiger partial charge in [-0.1, -0.05) is 18.9 Å². The molecule has 0 aromatic heterocycles. The van der Waals surface area contributed by atoms with Crippen LogP contribution < -0.4 is 0 Å². The Kier molecular flexibility index (Phi) is 3.51. The lowest BCUT2D eigenvalue weighted by molar-refractivity contribution is -0.135. The fourth-order valence-electron chi connectivity index (χ4n) is 1.62. The maximum atomic E-state index is 11.0. The predicted molar refractivity (Wildman–Crippen MR) is 47.7 cm³/mol. The molecule has 0 bridgehead atoms. The van der Waals surface area contributed by atoms with Gasteiger partial charge in [0.1, 0.15) is 11.6 Å². The molecule has 3 heteroatoms. The monoisotopic (exact) mass is 179 g/mol. The van der Waals surface area contributed by atoms with Gasteiger partial charge in [0.15, 0.2) is 0 Å². The van der Waals surface area contributed by atoms with Crippen LogP contribution in [0.15, 0.2) is 11.6 Å². The van der Waals surface area contributed by atoms with Crippen molar-refractivity contribution in [3.05, 3.63) is 11.6 Å². The lowest BCUT2D eigenvalue weighted by Crippen LogP contribution is -2.04. The molecule has 0 radical (unpaired) electrons. The molecule has 3 nitrogen and oxygen atoms in total. The molecule has 1 aliphatic rings. The first-order valence-corrected chi connectivity index (χ1v) is 4.48. The van der Waals surface area contributed by atoms with Crippen molar-refractivity contribution in [1.82, 2.24) is 0 Å². The number of carbonyl (C=O) groups excluding carboxylic acids is 1. The Hall–Kier alpha value is -1.30. The summed E-state index contributed by atoms with van der Waals surface area (Å²) in [5, 5.41) is 8.67. The summed E-state index contributed by atoms with van der Waals surface area (Å²) in [5.41, 5.74) is 0.148. The summed E-state index contributed by atoms with van der Waals surface area (Å²) < 4.78 is 4.48. The molecule has 0 N–H and O–H groups in total. The van der Waals surface area contributed by atoms with Crippen LogP contribution in [-0.4, -0.2) is 13.1 Å². The number of allylic oxidation sites excluding steroid dienone is 1. The first kappa shape index (κ1) is 9.79. The van der Waals surface area contributed by atoms with Crippen LogP contribution in [0.1, 0.15) is 25.7 Å². The molecule has 70 valence electrons. The van der Waals surface area contributed by atoms with Crippen molar-refractivity contribution in [1.29, 1.82) is 5.26 Å². The predicted octanol–water partition coefficient (Wildman–Crippen LogP) is 1.80. The molecule has 13 heavy (non-hydrogen) atoms. The zero-order valence-corrected chi connectivity index (χ0v) is 7.75. The second-order valence-corrected chi connectivity index (χ2v) is 3.23. The molecule has 0 heterocycles. The van der Waals surface area contributed by atoms with Gasteiger partial charge in [-0.3, -0.25) is 0 Å². The highest BCUT2D eigenvalue weighted by Crippen LogP contribution is 2.26. The fourth-order valence-corrected chi connectivity index (χ4v) is 1.62. The molecule has 0 saturated heterocycles. The Morgan fingerprint density at radius 2 is 2.15 bits per heavy atom. The van der Waals surface area contributed by atoms with Crippen LogP contribution in [0.3, 0.4) is 0 Å². The van der Waals surface area contributed by atoms with E-state index in [1.807, 2.05) is 6.07 Å². The lowest BCUT2D eigenvalue weighted by Gasteiger charge is -2.01. The summed E-state index contributed by atoms with van der Waals surface area (Å²) in [6.07, 6.45) is 6.31. The van der Waals surface area contributed by atoms with Crippen LogP contribution in [-0.2, 0) is 9.53 Å². The van der Waals surface area contributed by atoms with Gasteiger partial charge in [0.2, 0.25) is 0 Å². The minimum Gasteiger partial charge on any atom is -0.465 e. The summed E-state index contributed by atoms with van der Waals surface area (Å²) in [5.74, 6) is -0.122. The van der Waals surface area contributed by atoms with Gasteiger partial charge in [0.25, 0.3) is 0 Å². The quantitative estimate of drug-likeness (QED) is 0.369. The number of hydrogen-bond donors (Lipinski definition) is 0. The number of ether oxygens (including phenoxy) is 1. The van der Waals surface area contributed by atoms with Crippen molar-refractivity contribution in [2.45, 2.75) is 25.7 Å². The van der Waals surface area contributed by atoms with E-state index < -0.39 is 5.97 Å². The maximum absolute atomic E-state index is 11.0. The molecule has 0 aliphatic heterocycles. The van der Waals surface area contributed by atoms with Crippen molar-refractivity contribution in [2.24, 2.45) is 5.92 Å². The number of hydrogen-bond acceptors (Lipinski definition) is 3. The summed E-state index contributed by atoms with van der Waals surface area (Å²) in [7, 11) is 1.29. The van der Waals surface area contributed by atoms with E-state index in [0.717, 1.165) is 12.8 Å². The summed E-state index contributed by atoms with van der Waals surface area (Å²) >= 11 is 0. The Labute approximate surface area is 78.0 Å².